The van der Waals surface area contributed by atoms with Crippen molar-refractivity contribution in [3.05, 3.63) is 23.3 Å². The molecular formula is C42H58O2Sn2. The van der Waals surface area contributed by atoms with Gasteiger partial charge in [-0.25, -0.2) is 0 Å². The normalized spacial score (nSPS) is 10.1. The Bertz CT molecular complexity index is 1220. The van der Waals surface area contributed by atoms with E-state index in [0.717, 1.165) is 44.3 Å². The van der Waals surface area contributed by atoms with Crippen LogP contribution < -0.4 is 9.47 Å². The van der Waals surface area contributed by atoms with Crippen LogP contribution in [0.5, 0.6) is 11.5 Å². The van der Waals surface area contributed by atoms with Gasteiger partial charge in [0.2, 0.25) is 0 Å². The third kappa shape index (κ3) is 16.1. The number of hydrogen-bond acceptors (Lipinski definition) is 2. The van der Waals surface area contributed by atoms with Crippen LogP contribution in [0, 0.1) is 59.1 Å². The Morgan fingerprint density at radius 2 is 0.717 bits per heavy atom. The predicted molar refractivity (Wildman–Crippen MR) is 204 cm³/mol. The summed E-state index contributed by atoms with van der Waals surface area (Å²) in [6, 6.07) is 4.44. The minimum absolute atomic E-state index is 0.685. The third-order valence-corrected chi connectivity index (χ3v) is 24.5. The molecule has 0 N–H and O–H groups in total. The predicted octanol–water partition coefficient (Wildman–Crippen LogP) is 9.60. The maximum absolute atomic E-state index is 6.64. The molecule has 0 atom stereocenters. The molecule has 46 heavy (non-hydrogen) atoms. The van der Waals surface area contributed by atoms with E-state index in [4.69, 9.17) is 9.47 Å². The summed E-state index contributed by atoms with van der Waals surface area (Å²) < 4.78 is 36.0. The number of hydrogen-bond donors (Lipinski definition) is 0. The van der Waals surface area contributed by atoms with E-state index < -0.39 is 36.8 Å². The quantitative estimate of drug-likeness (QED) is 0.0741. The first-order valence-electron chi connectivity index (χ1n) is 17.5. The molecule has 4 heteroatoms. The summed E-state index contributed by atoms with van der Waals surface area (Å²) in [5.74, 6) is 20.9. The van der Waals surface area contributed by atoms with Crippen molar-refractivity contribution in [1.82, 2.24) is 0 Å². The maximum atomic E-state index is 6.64. The summed E-state index contributed by atoms with van der Waals surface area (Å²) in [5.41, 5.74) is 2.23. The van der Waals surface area contributed by atoms with E-state index in [2.05, 4.69) is 85.1 Å². The summed E-state index contributed by atoms with van der Waals surface area (Å²) in [7, 11) is 0. The summed E-state index contributed by atoms with van der Waals surface area (Å²) >= 11 is -7.03. The Morgan fingerprint density at radius 3 is 1.00 bits per heavy atom. The van der Waals surface area contributed by atoms with Crippen molar-refractivity contribution in [2.45, 2.75) is 141 Å². The molecule has 0 amide bonds. The van der Waals surface area contributed by atoms with Gasteiger partial charge in [-0.3, -0.25) is 0 Å². The molecule has 0 aliphatic rings. The molecule has 0 radical (unpaired) electrons. The first-order chi connectivity index (χ1) is 22.4. The molecule has 0 spiro atoms. The zero-order valence-corrected chi connectivity index (χ0v) is 36.0. The molecule has 0 aromatic heterocycles. The molecule has 1 aromatic rings. The Hall–Kier alpha value is -2.22. The van der Waals surface area contributed by atoms with Gasteiger partial charge in [0.1, 0.15) is 0 Å². The molecule has 0 bridgehead atoms. The number of unbranched alkanes of at least 4 members (excludes halogenated alkanes) is 10. The van der Waals surface area contributed by atoms with E-state index >= 15 is 0 Å². The molecule has 1 rings (SSSR count). The zero-order valence-electron chi connectivity index (χ0n) is 30.3. The van der Waals surface area contributed by atoms with Crippen LogP contribution in [0.3, 0.4) is 0 Å². The Morgan fingerprint density at radius 1 is 0.435 bits per heavy atom. The zero-order chi connectivity index (χ0) is 33.9. The van der Waals surface area contributed by atoms with Gasteiger partial charge in [-0.15, -0.1) is 0 Å². The monoisotopic (exact) mass is 834 g/mol. The first kappa shape index (κ1) is 41.8. The average Bonchev–Trinajstić information content (AvgIpc) is 3.02. The first-order valence-corrected chi connectivity index (χ1v) is 30.1. The number of ether oxygens (including phenoxy) is 2. The van der Waals surface area contributed by atoms with Crippen LogP contribution in [0.25, 0.3) is 0 Å². The van der Waals surface area contributed by atoms with E-state index in [-0.39, 0.29) is 0 Å². The van der Waals surface area contributed by atoms with E-state index in [1.807, 2.05) is 41.5 Å². The summed E-state index contributed by atoms with van der Waals surface area (Å²) in [4.78, 5) is 0. The number of benzene rings is 1. The van der Waals surface area contributed by atoms with Crippen LogP contribution in [-0.4, -0.2) is 50.0 Å². The van der Waals surface area contributed by atoms with Crippen molar-refractivity contribution in [3.8, 4) is 70.6 Å². The van der Waals surface area contributed by atoms with Crippen LogP contribution in [0.2, 0.25) is 0 Å². The fourth-order valence-corrected chi connectivity index (χ4v) is 20.4. The van der Waals surface area contributed by atoms with Crippen molar-refractivity contribution in [1.29, 1.82) is 0 Å². The van der Waals surface area contributed by atoms with E-state index in [1.165, 1.54) is 64.2 Å². The van der Waals surface area contributed by atoms with E-state index in [0.29, 0.717) is 13.2 Å². The van der Waals surface area contributed by atoms with Gasteiger partial charge in [-0.1, -0.05) is 0 Å². The van der Waals surface area contributed by atoms with Crippen molar-refractivity contribution in [2.75, 3.05) is 13.2 Å². The van der Waals surface area contributed by atoms with Crippen molar-refractivity contribution < 1.29 is 9.47 Å². The van der Waals surface area contributed by atoms with Gasteiger partial charge < -0.3 is 0 Å². The molecule has 0 fully saturated rings. The van der Waals surface area contributed by atoms with E-state index in [1.54, 1.807) is 0 Å². The Labute approximate surface area is 292 Å². The Kier molecular flexibility index (Phi) is 23.5. The summed E-state index contributed by atoms with van der Waals surface area (Å²) in [6.07, 6.45) is 14.6. The fourth-order valence-electron chi connectivity index (χ4n) is 5.62. The Balaban J connectivity index is 3.70. The molecule has 0 unspecified atom stereocenters. The van der Waals surface area contributed by atoms with Gasteiger partial charge in [0.15, 0.2) is 0 Å². The molecule has 0 aliphatic heterocycles. The molecule has 1 aromatic carbocycles. The SMILES string of the molecule is CC#[C][Sn]([C]#CC)([C]#CC)[CH2]c1cc(OCCCCCCCC)c([CH2][Sn]([C]#CC)([C]#CC)[C]#CC)cc1OCCCCCCCC. The molecular weight excluding hydrogens is 774 g/mol. The molecule has 2 nitrogen and oxygen atoms in total. The van der Waals surface area contributed by atoms with Gasteiger partial charge in [0.05, 0.1) is 0 Å². The standard InChI is InChI=1S/C24H40O2.6C3H3.2Sn/c1-5-7-9-11-13-15-17-25-23-19-22(4)24(20-21(23)3)26-18-16-14-12-10-8-6-2;6*1-3-2;;/h19-20H,3-18H2,1-2H3;6*1H3;;. The van der Waals surface area contributed by atoms with Crippen LogP contribution in [-0.2, 0) is 8.87 Å². The van der Waals surface area contributed by atoms with Gasteiger partial charge in [0.25, 0.3) is 0 Å². The summed E-state index contributed by atoms with van der Waals surface area (Å²) in [6.45, 7) is 17.3. The van der Waals surface area contributed by atoms with Crippen LogP contribution in [0.4, 0.5) is 0 Å². The molecule has 0 aliphatic carbocycles. The van der Waals surface area contributed by atoms with Crippen molar-refractivity contribution >= 4 is 36.8 Å². The molecule has 246 valence electrons. The van der Waals surface area contributed by atoms with Gasteiger partial charge >= 0.3 is 295 Å². The third-order valence-electron chi connectivity index (χ3n) is 7.70. The van der Waals surface area contributed by atoms with Crippen LogP contribution in [0.1, 0.15) is 144 Å². The van der Waals surface area contributed by atoms with Crippen LogP contribution >= 0.6 is 0 Å². The second-order valence-electron chi connectivity index (χ2n) is 11.7. The average molecular weight is 832 g/mol. The van der Waals surface area contributed by atoms with Gasteiger partial charge in [-0.2, -0.15) is 0 Å². The van der Waals surface area contributed by atoms with Crippen molar-refractivity contribution in [3.63, 3.8) is 0 Å². The molecule has 0 saturated heterocycles. The molecule has 0 saturated carbocycles. The topological polar surface area (TPSA) is 18.5 Å². The fraction of sp³-hybridized carbons (Fsp3) is 0.571. The number of rotatable bonds is 20. The molecule has 0 heterocycles. The second kappa shape index (κ2) is 25.8. The van der Waals surface area contributed by atoms with Crippen molar-refractivity contribution in [2.24, 2.45) is 0 Å². The van der Waals surface area contributed by atoms with Gasteiger partial charge in [0, 0.05) is 0 Å². The van der Waals surface area contributed by atoms with Crippen LogP contribution in [0.15, 0.2) is 12.1 Å². The van der Waals surface area contributed by atoms with E-state index in [9.17, 15) is 0 Å². The second-order valence-corrected chi connectivity index (χ2v) is 28.3. The minimum atomic E-state index is -3.52. The summed E-state index contributed by atoms with van der Waals surface area (Å²) in [5, 5.41) is 0. The van der Waals surface area contributed by atoms with Gasteiger partial charge in [-0.05, 0) is 0 Å².